The molecule has 0 spiro atoms. The molecule has 0 aliphatic rings. The molecule has 4 aromatic rings. The van der Waals surface area contributed by atoms with E-state index in [-0.39, 0.29) is 22.8 Å². The molecular weight excluding hydrogens is 484 g/mol. The van der Waals surface area contributed by atoms with E-state index in [0.717, 1.165) is 17.0 Å². The van der Waals surface area contributed by atoms with Crippen LogP contribution in [-0.2, 0) is 6.54 Å². The molecule has 0 radical (unpaired) electrons. The van der Waals surface area contributed by atoms with Crippen LogP contribution < -0.4 is 21.7 Å². The SMILES string of the molecule is CCn1ncc2c(Nc3nc(N[C@H](c4ccccc4F)[C@H](C)NC(=O)O)c(F)cc3C(N)=O)cccc21. The molecule has 2 atom stereocenters. The average Bonchev–Trinajstić information content (AvgIpc) is 3.28. The van der Waals surface area contributed by atoms with Gasteiger partial charge in [-0.2, -0.15) is 5.10 Å². The molecule has 0 aliphatic carbocycles. The van der Waals surface area contributed by atoms with Gasteiger partial charge in [0.1, 0.15) is 11.6 Å². The number of amides is 2. The van der Waals surface area contributed by atoms with Crippen molar-refractivity contribution in [3.05, 3.63) is 77.5 Å². The van der Waals surface area contributed by atoms with Gasteiger partial charge < -0.3 is 26.8 Å². The van der Waals surface area contributed by atoms with Gasteiger partial charge in [-0.05, 0) is 38.1 Å². The second kappa shape index (κ2) is 10.5. The van der Waals surface area contributed by atoms with Crippen molar-refractivity contribution in [2.45, 2.75) is 32.5 Å². The molecule has 192 valence electrons. The maximum absolute atomic E-state index is 15.1. The highest BCUT2D eigenvalue weighted by Gasteiger charge is 2.26. The second-order valence-corrected chi connectivity index (χ2v) is 8.28. The van der Waals surface area contributed by atoms with Gasteiger partial charge in [0.05, 0.1) is 35.0 Å². The van der Waals surface area contributed by atoms with Gasteiger partial charge in [0, 0.05) is 17.5 Å². The highest BCUT2D eigenvalue weighted by atomic mass is 19.1. The van der Waals surface area contributed by atoms with Crippen molar-refractivity contribution in [2.24, 2.45) is 5.73 Å². The number of rotatable bonds is 9. The summed E-state index contributed by atoms with van der Waals surface area (Å²) in [6.07, 6.45) is 0.317. The van der Waals surface area contributed by atoms with Crippen LogP contribution in [0.5, 0.6) is 0 Å². The third-order valence-corrected chi connectivity index (χ3v) is 5.87. The minimum atomic E-state index is -1.34. The largest absolute Gasteiger partial charge is 0.465 e. The van der Waals surface area contributed by atoms with Crippen molar-refractivity contribution in [1.29, 1.82) is 0 Å². The van der Waals surface area contributed by atoms with Crippen LogP contribution in [0.1, 0.15) is 35.8 Å². The Hall–Kier alpha value is -4.74. The number of nitrogens with two attached hydrogens (primary N) is 1. The van der Waals surface area contributed by atoms with Crippen LogP contribution in [0, 0.1) is 11.6 Å². The zero-order valence-corrected chi connectivity index (χ0v) is 20.0. The van der Waals surface area contributed by atoms with Crippen LogP contribution in [0.15, 0.2) is 54.7 Å². The summed E-state index contributed by atoms with van der Waals surface area (Å²) in [5.74, 6) is -2.84. The molecule has 2 aromatic heterocycles. The summed E-state index contributed by atoms with van der Waals surface area (Å²) < 4.78 is 31.6. The number of aryl methyl sites for hydroxylation is 1. The number of halogens is 2. The normalized spacial score (nSPS) is 12.6. The Balaban J connectivity index is 1.77. The first-order chi connectivity index (χ1) is 17.7. The fourth-order valence-corrected chi connectivity index (χ4v) is 4.09. The Bertz CT molecular complexity index is 1470. The lowest BCUT2D eigenvalue weighted by molar-refractivity contribution is 0.1000. The summed E-state index contributed by atoms with van der Waals surface area (Å²) in [6.45, 7) is 4.09. The summed E-state index contributed by atoms with van der Waals surface area (Å²) in [6, 6.07) is 10.1. The van der Waals surface area contributed by atoms with Crippen molar-refractivity contribution in [2.75, 3.05) is 10.6 Å². The van der Waals surface area contributed by atoms with Crippen LogP contribution in [0.4, 0.5) is 30.9 Å². The Morgan fingerprint density at radius 3 is 2.54 bits per heavy atom. The Kier molecular flexibility index (Phi) is 7.18. The number of pyridine rings is 1. The number of benzene rings is 2. The van der Waals surface area contributed by atoms with Gasteiger partial charge in [0.2, 0.25) is 0 Å². The predicted octanol–water partition coefficient (Wildman–Crippen LogP) is 4.38. The molecule has 4 rings (SSSR count). The van der Waals surface area contributed by atoms with E-state index < -0.39 is 35.7 Å². The Morgan fingerprint density at radius 2 is 1.86 bits per heavy atom. The number of carbonyl (C=O) groups excluding carboxylic acids is 1. The Morgan fingerprint density at radius 1 is 1.11 bits per heavy atom. The molecule has 0 fully saturated rings. The molecule has 10 nitrogen and oxygen atoms in total. The fourth-order valence-electron chi connectivity index (χ4n) is 4.09. The molecule has 6 N–H and O–H groups in total. The molecule has 2 aromatic carbocycles. The monoisotopic (exact) mass is 509 g/mol. The topological polar surface area (TPSA) is 147 Å². The van der Waals surface area contributed by atoms with E-state index in [1.165, 1.54) is 25.1 Å². The molecule has 0 saturated heterocycles. The van der Waals surface area contributed by atoms with Gasteiger partial charge in [0.25, 0.3) is 5.91 Å². The molecule has 2 heterocycles. The van der Waals surface area contributed by atoms with E-state index in [1.54, 1.807) is 29.1 Å². The number of nitrogens with zero attached hydrogens (tertiary/aromatic N) is 3. The lowest BCUT2D eigenvalue weighted by atomic mass is 9.99. The number of hydrogen-bond acceptors (Lipinski definition) is 6. The maximum Gasteiger partial charge on any atom is 0.404 e. The molecule has 0 bridgehead atoms. The quantitative estimate of drug-likeness (QED) is 0.225. The van der Waals surface area contributed by atoms with Gasteiger partial charge in [0.15, 0.2) is 11.6 Å². The first-order valence-electron chi connectivity index (χ1n) is 11.4. The molecule has 0 aliphatic heterocycles. The summed E-state index contributed by atoms with van der Waals surface area (Å²) in [5, 5.41) is 22.3. The smallest absolute Gasteiger partial charge is 0.404 e. The lowest BCUT2D eigenvalue weighted by Crippen LogP contribution is -2.39. The molecule has 37 heavy (non-hydrogen) atoms. The van der Waals surface area contributed by atoms with Gasteiger partial charge in [-0.1, -0.05) is 24.3 Å². The number of hydrogen-bond donors (Lipinski definition) is 5. The van der Waals surface area contributed by atoms with Gasteiger partial charge >= 0.3 is 6.09 Å². The van der Waals surface area contributed by atoms with E-state index in [9.17, 15) is 19.1 Å². The highest BCUT2D eigenvalue weighted by molar-refractivity contribution is 6.00. The number of carbonyl (C=O) groups is 2. The minimum Gasteiger partial charge on any atom is -0.465 e. The van der Waals surface area contributed by atoms with Crippen LogP contribution >= 0.6 is 0 Å². The summed E-state index contributed by atoms with van der Waals surface area (Å²) in [4.78, 5) is 27.6. The van der Waals surface area contributed by atoms with E-state index in [2.05, 4.69) is 26.0 Å². The number of primary amides is 1. The van der Waals surface area contributed by atoms with Crippen LogP contribution in [0.2, 0.25) is 0 Å². The summed E-state index contributed by atoms with van der Waals surface area (Å²) in [7, 11) is 0. The standard InChI is InChI=1S/C25H25F2N7O3/c1-3-34-20-10-6-9-19(16(20)12-29-34)31-23-15(22(28)35)11-18(27)24(33-23)32-21(13(2)30-25(36)37)14-7-4-5-8-17(14)26/h4-13,21,30H,3H2,1-2H3,(H2,28,35)(H,36,37)(H2,31,32,33)/t13-,21-/m0/s1. The van der Waals surface area contributed by atoms with E-state index in [0.29, 0.717) is 12.2 Å². The fraction of sp³-hybridized carbons (Fsp3) is 0.200. The van der Waals surface area contributed by atoms with Crippen molar-refractivity contribution in [3.8, 4) is 0 Å². The van der Waals surface area contributed by atoms with Crippen LogP contribution in [0.25, 0.3) is 10.9 Å². The predicted molar refractivity (Wildman–Crippen MR) is 135 cm³/mol. The molecule has 0 unspecified atom stereocenters. The van der Waals surface area contributed by atoms with Crippen molar-refractivity contribution in [1.82, 2.24) is 20.1 Å². The van der Waals surface area contributed by atoms with Crippen molar-refractivity contribution < 1.29 is 23.5 Å². The molecule has 0 saturated carbocycles. The van der Waals surface area contributed by atoms with Crippen LogP contribution in [-0.4, -0.2) is 37.9 Å². The highest BCUT2D eigenvalue weighted by Crippen LogP contribution is 2.31. The van der Waals surface area contributed by atoms with Gasteiger partial charge in [-0.15, -0.1) is 0 Å². The zero-order valence-electron chi connectivity index (χ0n) is 20.0. The number of anilines is 3. The number of fused-ring (bicyclic) bond motifs is 1. The maximum atomic E-state index is 15.1. The summed E-state index contributed by atoms with van der Waals surface area (Å²) >= 11 is 0. The first-order valence-corrected chi connectivity index (χ1v) is 11.4. The molecular formula is C25H25F2N7O3. The third kappa shape index (κ3) is 5.27. The lowest BCUT2D eigenvalue weighted by Gasteiger charge is -2.27. The molecule has 2 amide bonds. The first kappa shape index (κ1) is 25.4. The van der Waals surface area contributed by atoms with Crippen LogP contribution in [0.3, 0.4) is 0 Å². The van der Waals surface area contributed by atoms with Crippen molar-refractivity contribution in [3.63, 3.8) is 0 Å². The van der Waals surface area contributed by atoms with Gasteiger partial charge in [-0.25, -0.2) is 18.6 Å². The third-order valence-electron chi connectivity index (χ3n) is 5.87. The Labute approximate surface area is 210 Å². The average molecular weight is 510 g/mol. The summed E-state index contributed by atoms with van der Waals surface area (Å²) in [5.41, 5.74) is 6.77. The molecule has 12 heteroatoms. The minimum absolute atomic E-state index is 0.0423. The zero-order chi connectivity index (χ0) is 26.7. The number of carboxylic acid groups (broad SMARTS) is 1. The number of nitrogens with one attached hydrogen (secondary N) is 3. The second-order valence-electron chi connectivity index (χ2n) is 8.28. The van der Waals surface area contributed by atoms with Crippen molar-refractivity contribution >= 4 is 40.2 Å². The van der Waals surface area contributed by atoms with E-state index >= 15 is 4.39 Å². The van der Waals surface area contributed by atoms with Gasteiger partial charge in [-0.3, -0.25) is 9.48 Å². The van der Waals surface area contributed by atoms with E-state index in [4.69, 9.17) is 5.73 Å². The van der Waals surface area contributed by atoms with E-state index in [1.807, 2.05) is 13.0 Å². The number of aromatic nitrogens is 3.